The molecule has 0 aromatic heterocycles. The standard InChI is InChI=1S/C26H36O4S/c1-17-23(27)24(2,31-19-8-6-5-7-9-19)15-21(30-16-28-3)26-14-18(26)10-12-25(17)13-11-20(29-4)22(25)26/h5-9,17-18,20-22H,10-16H2,1-4H3/t17-,18-,20+,21+,22?,24+,25?,26-/m0/s1. The lowest BCUT2D eigenvalue weighted by Crippen LogP contribution is -2.58. The third-order valence-corrected chi connectivity index (χ3v) is 10.7. The Balaban J connectivity index is 1.60. The Morgan fingerprint density at radius 3 is 2.55 bits per heavy atom. The fourth-order valence-electron chi connectivity index (χ4n) is 7.95. The van der Waals surface area contributed by atoms with Crippen LogP contribution in [0.25, 0.3) is 0 Å². The first-order chi connectivity index (χ1) is 14.9. The van der Waals surface area contributed by atoms with Gasteiger partial charge in [-0.25, -0.2) is 0 Å². The van der Waals surface area contributed by atoms with Crippen molar-refractivity contribution < 1.29 is 19.0 Å². The average Bonchev–Trinajstić information content (AvgIpc) is 3.40. The van der Waals surface area contributed by atoms with Crippen LogP contribution in [0.4, 0.5) is 0 Å². The van der Waals surface area contributed by atoms with E-state index in [1.165, 1.54) is 12.8 Å². The molecule has 1 aromatic carbocycles. The summed E-state index contributed by atoms with van der Waals surface area (Å²) in [6.45, 7) is 4.67. The van der Waals surface area contributed by atoms with Crippen molar-refractivity contribution in [3.05, 3.63) is 30.3 Å². The zero-order valence-corrected chi connectivity index (χ0v) is 20.1. The largest absolute Gasteiger partial charge is 0.381 e. The van der Waals surface area contributed by atoms with Crippen molar-refractivity contribution in [3.8, 4) is 0 Å². The summed E-state index contributed by atoms with van der Waals surface area (Å²) in [5.74, 6) is 1.54. The monoisotopic (exact) mass is 444 g/mol. The summed E-state index contributed by atoms with van der Waals surface area (Å²) < 4.78 is 17.4. The number of carbonyl (C=O) groups excluding carboxylic acids is 1. The molecule has 31 heavy (non-hydrogen) atoms. The van der Waals surface area contributed by atoms with Crippen molar-refractivity contribution >= 4 is 17.5 Å². The van der Waals surface area contributed by atoms with E-state index < -0.39 is 4.75 Å². The number of thioether (sulfide) groups is 1. The summed E-state index contributed by atoms with van der Waals surface area (Å²) in [7, 11) is 3.55. The summed E-state index contributed by atoms with van der Waals surface area (Å²) in [6.07, 6.45) is 6.74. The maximum Gasteiger partial charge on any atom is 0.152 e. The fraction of sp³-hybridized carbons (Fsp3) is 0.731. The number of ketones is 1. The van der Waals surface area contributed by atoms with Crippen molar-refractivity contribution in [2.75, 3.05) is 21.0 Å². The van der Waals surface area contributed by atoms with Crippen molar-refractivity contribution in [1.29, 1.82) is 0 Å². The second-order valence-corrected chi connectivity index (χ2v) is 12.2. The zero-order valence-electron chi connectivity index (χ0n) is 19.3. The first-order valence-corrected chi connectivity index (χ1v) is 12.6. The molecule has 5 heteroatoms. The van der Waals surface area contributed by atoms with Gasteiger partial charge in [-0.05, 0) is 74.8 Å². The Morgan fingerprint density at radius 2 is 1.84 bits per heavy atom. The Morgan fingerprint density at radius 1 is 1.10 bits per heavy atom. The molecule has 4 aliphatic carbocycles. The van der Waals surface area contributed by atoms with E-state index in [2.05, 4.69) is 38.1 Å². The minimum atomic E-state index is -0.514. The third kappa shape index (κ3) is 3.18. The molecule has 8 atom stereocenters. The zero-order chi connectivity index (χ0) is 21.9. The van der Waals surface area contributed by atoms with Crippen LogP contribution in [-0.2, 0) is 19.0 Å². The van der Waals surface area contributed by atoms with Gasteiger partial charge in [-0.2, -0.15) is 0 Å². The molecule has 170 valence electrons. The van der Waals surface area contributed by atoms with Crippen molar-refractivity contribution in [2.24, 2.45) is 28.6 Å². The summed E-state index contributed by atoms with van der Waals surface area (Å²) in [4.78, 5) is 15.4. The van der Waals surface area contributed by atoms with Crippen LogP contribution in [0, 0.1) is 28.6 Å². The Bertz CT molecular complexity index is 830. The molecule has 4 aliphatic rings. The van der Waals surface area contributed by atoms with Gasteiger partial charge in [-0.1, -0.05) is 25.1 Å². The number of Topliss-reactive ketones (excluding diaryl/α,β-unsaturated/α-hetero) is 1. The molecule has 0 heterocycles. The SMILES string of the molecule is COCO[C@@H]1C[C@@](C)(Sc2ccccc2)C(=O)[C@H](C)C23CC[C@H]4C[C@]41C2[C@H](OC)CC3. The van der Waals surface area contributed by atoms with E-state index >= 15 is 0 Å². The van der Waals surface area contributed by atoms with Gasteiger partial charge in [-0.3, -0.25) is 4.79 Å². The summed E-state index contributed by atoms with van der Waals surface area (Å²) >= 11 is 1.73. The normalized spacial score (nSPS) is 46.1. The van der Waals surface area contributed by atoms with Crippen molar-refractivity contribution in [1.82, 2.24) is 0 Å². The van der Waals surface area contributed by atoms with Crippen LogP contribution in [0.3, 0.4) is 0 Å². The van der Waals surface area contributed by atoms with Gasteiger partial charge in [0.25, 0.3) is 0 Å². The van der Waals surface area contributed by atoms with Gasteiger partial charge in [0.05, 0.1) is 17.0 Å². The van der Waals surface area contributed by atoms with Crippen LogP contribution in [0.2, 0.25) is 0 Å². The van der Waals surface area contributed by atoms with Gasteiger partial charge in [0, 0.05) is 30.4 Å². The first-order valence-electron chi connectivity index (χ1n) is 11.8. The predicted molar refractivity (Wildman–Crippen MR) is 122 cm³/mol. The summed E-state index contributed by atoms with van der Waals surface area (Å²) in [5, 5.41) is 0. The number of benzene rings is 1. The van der Waals surface area contributed by atoms with Crippen LogP contribution >= 0.6 is 11.8 Å². The number of methoxy groups -OCH3 is 2. The van der Waals surface area contributed by atoms with Gasteiger partial charge >= 0.3 is 0 Å². The summed E-state index contributed by atoms with van der Waals surface area (Å²) in [5.41, 5.74) is 0.166. The Hall–Kier alpha value is -0.880. The second-order valence-electron chi connectivity index (χ2n) is 10.6. The molecule has 5 rings (SSSR count). The third-order valence-electron chi connectivity index (χ3n) is 9.35. The van der Waals surface area contributed by atoms with Gasteiger partial charge in [0.2, 0.25) is 0 Å². The molecule has 4 saturated carbocycles. The van der Waals surface area contributed by atoms with Crippen LogP contribution in [-0.4, -0.2) is 43.8 Å². The highest BCUT2D eigenvalue weighted by molar-refractivity contribution is 8.01. The average molecular weight is 445 g/mol. The quantitative estimate of drug-likeness (QED) is 0.554. The molecule has 2 unspecified atom stereocenters. The lowest BCUT2D eigenvalue weighted by molar-refractivity contribution is -0.171. The van der Waals surface area contributed by atoms with Crippen LogP contribution in [0.5, 0.6) is 0 Å². The van der Waals surface area contributed by atoms with E-state index in [0.717, 1.165) is 30.6 Å². The Kier molecular flexibility index (Phi) is 5.56. The predicted octanol–water partition coefficient (Wildman–Crippen LogP) is 5.35. The number of hydrogen-bond acceptors (Lipinski definition) is 5. The molecule has 0 N–H and O–H groups in total. The number of ether oxygens (including phenoxy) is 3. The highest BCUT2D eigenvalue weighted by Crippen LogP contribution is 2.78. The number of carbonyl (C=O) groups is 1. The summed E-state index contributed by atoms with van der Waals surface area (Å²) in [6, 6.07) is 10.4. The van der Waals surface area contributed by atoms with E-state index in [4.69, 9.17) is 14.2 Å². The van der Waals surface area contributed by atoms with E-state index in [1.807, 2.05) is 13.2 Å². The van der Waals surface area contributed by atoms with Gasteiger partial charge < -0.3 is 14.2 Å². The molecule has 0 amide bonds. The molecule has 0 saturated heterocycles. The molecule has 1 aromatic rings. The van der Waals surface area contributed by atoms with Gasteiger partial charge in [-0.15, -0.1) is 11.8 Å². The van der Waals surface area contributed by atoms with Crippen molar-refractivity contribution in [3.63, 3.8) is 0 Å². The van der Waals surface area contributed by atoms with Gasteiger partial charge in [0.15, 0.2) is 5.78 Å². The lowest BCUT2D eigenvalue weighted by Gasteiger charge is -2.55. The van der Waals surface area contributed by atoms with E-state index in [-0.39, 0.29) is 35.7 Å². The topological polar surface area (TPSA) is 44.8 Å². The maximum absolute atomic E-state index is 14.2. The minimum Gasteiger partial charge on any atom is -0.381 e. The van der Waals surface area contributed by atoms with E-state index in [0.29, 0.717) is 17.6 Å². The molecular formula is C26H36O4S. The highest BCUT2D eigenvalue weighted by Gasteiger charge is 2.76. The molecular weight excluding hydrogens is 408 g/mol. The van der Waals surface area contributed by atoms with E-state index in [1.54, 1.807) is 18.9 Å². The molecule has 4 fully saturated rings. The molecule has 2 bridgehead atoms. The second kappa shape index (κ2) is 7.86. The maximum atomic E-state index is 14.2. The number of hydrogen-bond donors (Lipinski definition) is 0. The molecule has 4 nitrogen and oxygen atoms in total. The van der Waals surface area contributed by atoms with Crippen molar-refractivity contribution in [2.45, 2.75) is 74.2 Å². The van der Waals surface area contributed by atoms with Crippen LogP contribution in [0.15, 0.2) is 35.2 Å². The number of rotatable bonds is 6. The first kappa shape index (κ1) is 21.9. The fourth-order valence-corrected chi connectivity index (χ4v) is 9.27. The van der Waals surface area contributed by atoms with Gasteiger partial charge in [0.1, 0.15) is 6.79 Å². The highest BCUT2D eigenvalue weighted by atomic mass is 32.2. The molecule has 0 aliphatic heterocycles. The smallest absolute Gasteiger partial charge is 0.152 e. The molecule has 1 spiro atoms. The minimum absolute atomic E-state index is 0.0236. The lowest BCUT2D eigenvalue weighted by atomic mass is 9.52. The van der Waals surface area contributed by atoms with Crippen LogP contribution < -0.4 is 0 Å². The van der Waals surface area contributed by atoms with Crippen LogP contribution in [0.1, 0.15) is 52.4 Å². The molecule has 0 radical (unpaired) electrons. The Labute approximate surface area is 190 Å². The van der Waals surface area contributed by atoms with E-state index in [9.17, 15) is 4.79 Å².